The number of hydrogen-bond acceptors (Lipinski definition) is 2. The highest BCUT2D eigenvalue weighted by Gasteiger charge is 2.80. The van der Waals surface area contributed by atoms with Gasteiger partial charge in [0.1, 0.15) is 0 Å². The molecule has 0 aromatic rings. The minimum Gasteiger partial charge on any atom is -0.403 e. The van der Waals surface area contributed by atoms with E-state index in [-0.39, 0.29) is 6.42 Å². The zero-order chi connectivity index (χ0) is 15.2. The van der Waals surface area contributed by atoms with Gasteiger partial charge < -0.3 is 9.31 Å². The van der Waals surface area contributed by atoms with Gasteiger partial charge >= 0.3 is 7.12 Å². The lowest BCUT2D eigenvalue weighted by molar-refractivity contribution is 0.00578. The van der Waals surface area contributed by atoms with Crippen LogP contribution in [0.15, 0.2) is 0 Å². The van der Waals surface area contributed by atoms with E-state index in [0.717, 1.165) is 25.7 Å². The Morgan fingerprint density at radius 3 is 1.85 bits per heavy atom. The van der Waals surface area contributed by atoms with E-state index < -0.39 is 29.6 Å². The molecule has 2 aliphatic rings. The van der Waals surface area contributed by atoms with Crippen LogP contribution in [-0.2, 0) is 9.31 Å². The number of halogens is 2. The molecular weight excluding hydrogens is 261 g/mol. The Kier molecular flexibility index (Phi) is 4.01. The van der Waals surface area contributed by atoms with E-state index in [1.165, 1.54) is 0 Å². The number of hydrogen-bond donors (Lipinski definition) is 0. The molecule has 2 nitrogen and oxygen atoms in total. The van der Waals surface area contributed by atoms with Crippen LogP contribution in [-0.4, -0.2) is 24.2 Å². The molecule has 1 unspecified atom stereocenters. The molecular formula is C15H27BF2O2. The summed E-state index contributed by atoms with van der Waals surface area (Å²) in [6.07, 6.45) is 4.45. The summed E-state index contributed by atoms with van der Waals surface area (Å²) in [5.41, 5.74) is -1.07. The van der Waals surface area contributed by atoms with Crippen molar-refractivity contribution in [2.45, 2.75) is 95.6 Å². The molecule has 2 fully saturated rings. The Balaban J connectivity index is 2.04. The lowest BCUT2D eigenvalue weighted by Crippen LogP contribution is -2.41. The highest BCUT2D eigenvalue weighted by atomic mass is 19.3. The van der Waals surface area contributed by atoms with Gasteiger partial charge in [-0.05, 0) is 34.1 Å². The van der Waals surface area contributed by atoms with Crippen LogP contribution in [0.3, 0.4) is 0 Å². The average molecular weight is 288 g/mol. The highest BCUT2D eigenvalue weighted by Crippen LogP contribution is 2.73. The van der Waals surface area contributed by atoms with Gasteiger partial charge in [0.25, 0.3) is 5.92 Å². The lowest BCUT2D eigenvalue weighted by Gasteiger charge is -2.32. The summed E-state index contributed by atoms with van der Waals surface area (Å²) in [7, 11) is -0.774. The van der Waals surface area contributed by atoms with Gasteiger partial charge in [0, 0.05) is 6.42 Å². The molecule has 0 aromatic carbocycles. The van der Waals surface area contributed by atoms with Crippen molar-refractivity contribution >= 4 is 7.12 Å². The highest BCUT2D eigenvalue weighted by molar-refractivity contribution is 6.51. The topological polar surface area (TPSA) is 18.5 Å². The van der Waals surface area contributed by atoms with Crippen LogP contribution in [0.2, 0.25) is 5.31 Å². The zero-order valence-electron chi connectivity index (χ0n) is 13.4. The molecule has 116 valence electrons. The van der Waals surface area contributed by atoms with Crippen LogP contribution < -0.4 is 0 Å². The van der Waals surface area contributed by atoms with E-state index in [2.05, 4.69) is 6.92 Å². The smallest absolute Gasteiger partial charge is 0.403 e. The summed E-state index contributed by atoms with van der Waals surface area (Å²) in [6, 6.07) is 0. The number of alkyl halides is 2. The van der Waals surface area contributed by atoms with Gasteiger partial charge in [-0.1, -0.05) is 32.6 Å². The molecule has 0 N–H and O–H groups in total. The molecule has 1 saturated carbocycles. The number of unbranched alkanes of at least 4 members (excludes halogenated alkanes) is 3. The first-order valence-corrected chi connectivity index (χ1v) is 7.81. The Morgan fingerprint density at radius 2 is 1.45 bits per heavy atom. The molecule has 20 heavy (non-hydrogen) atoms. The average Bonchev–Trinajstić information content (AvgIpc) is 2.78. The molecule has 0 radical (unpaired) electrons. The minimum absolute atomic E-state index is 0.0943. The third-order valence-electron chi connectivity index (χ3n) is 5.32. The van der Waals surface area contributed by atoms with Crippen molar-refractivity contribution in [1.82, 2.24) is 0 Å². The predicted octanol–water partition coefficient (Wildman–Crippen LogP) is 4.83. The second-order valence-electron chi connectivity index (χ2n) is 7.44. The summed E-state index contributed by atoms with van der Waals surface area (Å²) >= 11 is 0. The fourth-order valence-corrected chi connectivity index (χ4v) is 2.93. The van der Waals surface area contributed by atoms with Crippen molar-refractivity contribution in [1.29, 1.82) is 0 Å². The Labute approximate surface area is 121 Å². The molecule has 2 rings (SSSR count). The van der Waals surface area contributed by atoms with E-state index >= 15 is 0 Å². The molecule has 0 aromatic heterocycles. The van der Waals surface area contributed by atoms with Crippen molar-refractivity contribution in [3.05, 3.63) is 0 Å². The summed E-state index contributed by atoms with van der Waals surface area (Å²) < 4.78 is 39.7. The quantitative estimate of drug-likeness (QED) is 0.515. The lowest BCUT2D eigenvalue weighted by atomic mass is 9.65. The molecule has 0 bridgehead atoms. The van der Waals surface area contributed by atoms with Gasteiger partial charge in [-0.2, -0.15) is 0 Å². The molecule has 1 aliphatic carbocycles. The third-order valence-corrected chi connectivity index (χ3v) is 5.32. The van der Waals surface area contributed by atoms with Crippen LogP contribution in [0, 0.1) is 0 Å². The first kappa shape index (κ1) is 16.2. The maximum atomic E-state index is 14.0. The first-order chi connectivity index (χ1) is 9.08. The second kappa shape index (κ2) is 4.94. The van der Waals surface area contributed by atoms with E-state index in [1.54, 1.807) is 0 Å². The summed E-state index contributed by atoms with van der Waals surface area (Å²) in [4.78, 5) is 0. The molecule has 0 spiro atoms. The van der Waals surface area contributed by atoms with Gasteiger partial charge in [0.15, 0.2) is 0 Å². The molecule has 0 amide bonds. The van der Waals surface area contributed by atoms with Crippen LogP contribution in [0.25, 0.3) is 0 Å². The molecule has 1 aliphatic heterocycles. The van der Waals surface area contributed by atoms with Crippen molar-refractivity contribution < 1.29 is 18.1 Å². The van der Waals surface area contributed by atoms with Crippen molar-refractivity contribution in [2.24, 2.45) is 0 Å². The van der Waals surface area contributed by atoms with E-state index in [0.29, 0.717) is 6.42 Å². The first-order valence-electron chi connectivity index (χ1n) is 7.81. The Hall–Kier alpha value is -0.155. The monoisotopic (exact) mass is 288 g/mol. The second-order valence-corrected chi connectivity index (χ2v) is 7.44. The molecule has 1 heterocycles. The van der Waals surface area contributed by atoms with Gasteiger partial charge in [0.05, 0.1) is 16.5 Å². The van der Waals surface area contributed by atoms with Crippen molar-refractivity contribution in [3.63, 3.8) is 0 Å². The SMILES string of the molecule is CCCCCCC1(B2OC(C)(C)C(C)(C)O2)CC1(F)F. The molecule has 1 saturated heterocycles. The minimum atomic E-state index is -2.64. The van der Waals surface area contributed by atoms with Crippen molar-refractivity contribution in [3.8, 4) is 0 Å². The van der Waals surface area contributed by atoms with Gasteiger partial charge in [-0.25, -0.2) is 8.78 Å². The van der Waals surface area contributed by atoms with Gasteiger partial charge in [-0.3, -0.25) is 0 Å². The fourth-order valence-electron chi connectivity index (χ4n) is 2.93. The normalized spacial score (nSPS) is 33.5. The van der Waals surface area contributed by atoms with E-state index in [1.807, 2.05) is 27.7 Å². The fraction of sp³-hybridized carbons (Fsp3) is 1.00. The predicted molar refractivity (Wildman–Crippen MR) is 77.1 cm³/mol. The Bertz CT molecular complexity index is 355. The third kappa shape index (κ3) is 2.52. The zero-order valence-corrected chi connectivity index (χ0v) is 13.4. The molecule has 5 heteroatoms. The van der Waals surface area contributed by atoms with Crippen molar-refractivity contribution in [2.75, 3.05) is 0 Å². The van der Waals surface area contributed by atoms with Crippen LogP contribution in [0.1, 0.15) is 73.1 Å². The van der Waals surface area contributed by atoms with Crippen LogP contribution in [0.5, 0.6) is 0 Å². The summed E-state index contributed by atoms with van der Waals surface area (Å²) in [6.45, 7) is 9.78. The summed E-state index contributed by atoms with van der Waals surface area (Å²) in [5, 5.41) is -1.09. The van der Waals surface area contributed by atoms with Crippen LogP contribution in [0.4, 0.5) is 8.78 Å². The molecule has 1 atom stereocenters. The largest absolute Gasteiger partial charge is 0.470 e. The summed E-state index contributed by atoms with van der Waals surface area (Å²) in [5.74, 6) is -2.64. The number of rotatable bonds is 6. The van der Waals surface area contributed by atoms with Gasteiger partial charge in [0.2, 0.25) is 0 Å². The van der Waals surface area contributed by atoms with E-state index in [4.69, 9.17) is 9.31 Å². The maximum absolute atomic E-state index is 14.0. The Morgan fingerprint density at radius 1 is 0.950 bits per heavy atom. The maximum Gasteiger partial charge on any atom is 0.470 e. The van der Waals surface area contributed by atoms with E-state index in [9.17, 15) is 8.78 Å². The standard InChI is InChI=1S/C15H27BF2O2/c1-6-7-8-9-10-14(11-15(14,17)18)16-19-12(2,3)13(4,5)20-16/h6-11H2,1-5H3. The van der Waals surface area contributed by atoms with Gasteiger partial charge in [-0.15, -0.1) is 0 Å². The van der Waals surface area contributed by atoms with Crippen LogP contribution >= 0.6 is 0 Å².